The molecule has 86 valence electrons. The molecule has 1 fully saturated rings. The molecule has 1 aliphatic heterocycles. The van der Waals surface area contributed by atoms with Gasteiger partial charge in [0.1, 0.15) is 0 Å². The van der Waals surface area contributed by atoms with Crippen LogP contribution in [0, 0.1) is 0 Å². The predicted molar refractivity (Wildman–Crippen MR) is 60.9 cm³/mol. The van der Waals surface area contributed by atoms with Gasteiger partial charge in [0.25, 0.3) is 0 Å². The largest absolute Gasteiger partial charge is 0.334 e. The van der Waals surface area contributed by atoms with E-state index in [2.05, 4.69) is 20.9 Å². The fraction of sp³-hybridized carbons (Fsp3) is 0.455. The minimum atomic E-state index is -0.106. The standard InChI is InChI=1S/C11H16N4O/c16-11(15-10-3-6-13-8-10)14-7-9-1-4-12-5-2-9/h1-2,4-5,10,13H,3,6-8H2,(H2,14,15,16)/t10-/m1/s1. The first kappa shape index (κ1) is 10.9. The monoisotopic (exact) mass is 220 g/mol. The second-order valence-electron chi connectivity index (χ2n) is 3.87. The number of aromatic nitrogens is 1. The van der Waals surface area contributed by atoms with Crippen molar-refractivity contribution in [2.24, 2.45) is 0 Å². The van der Waals surface area contributed by atoms with Crippen molar-refractivity contribution in [1.82, 2.24) is 20.9 Å². The lowest BCUT2D eigenvalue weighted by Gasteiger charge is -2.12. The van der Waals surface area contributed by atoms with E-state index in [4.69, 9.17) is 0 Å². The quantitative estimate of drug-likeness (QED) is 0.683. The Morgan fingerprint density at radius 2 is 2.31 bits per heavy atom. The van der Waals surface area contributed by atoms with Crippen LogP contribution in [0.3, 0.4) is 0 Å². The zero-order valence-corrected chi connectivity index (χ0v) is 9.07. The Hall–Kier alpha value is -1.62. The molecular formula is C11H16N4O. The molecule has 16 heavy (non-hydrogen) atoms. The van der Waals surface area contributed by atoms with E-state index < -0.39 is 0 Å². The number of carbonyl (C=O) groups excluding carboxylic acids is 1. The highest BCUT2D eigenvalue weighted by atomic mass is 16.2. The summed E-state index contributed by atoms with van der Waals surface area (Å²) >= 11 is 0. The first-order chi connectivity index (χ1) is 7.84. The number of hydrogen-bond donors (Lipinski definition) is 3. The van der Waals surface area contributed by atoms with Crippen LogP contribution in [0.25, 0.3) is 0 Å². The summed E-state index contributed by atoms with van der Waals surface area (Å²) in [6.07, 6.45) is 4.44. The van der Waals surface area contributed by atoms with Gasteiger partial charge in [0.15, 0.2) is 0 Å². The van der Waals surface area contributed by atoms with Gasteiger partial charge in [0.2, 0.25) is 0 Å². The fourth-order valence-corrected chi connectivity index (χ4v) is 1.70. The Bertz CT molecular complexity index is 335. The summed E-state index contributed by atoms with van der Waals surface area (Å²) in [4.78, 5) is 15.4. The molecule has 1 aromatic rings. The van der Waals surface area contributed by atoms with Crippen LogP contribution < -0.4 is 16.0 Å². The van der Waals surface area contributed by atoms with Crippen molar-refractivity contribution >= 4 is 6.03 Å². The Morgan fingerprint density at radius 3 is 3.00 bits per heavy atom. The molecule has 0 saturated carbocycles. The van der Waals surface area contributed by atoms with E-state index >= 15 is 0 Å². The lowest BCUT2D eigenvalue weighted by atomic mass is 10.2. The summed E-state index contributed by atoms with van der Waals surface area (Å²) in [5.41, 5.74) is 1.05. The minimum absolute atomic E-state index is 0.106. The summed E-state index contributed by atoms with van der Waals surface area (Å²) in [6, 6.07) is 3.93. The van der Waals surface area contributed by atoms with Gasteiger partial charge >= 0.3 is 6.03 Å². The van der Waals surface area contributed by atoms with E-state index in [1.165, 1.54) is 0 Å². The van der Waals surface area contributed by atoms with Gasteiger partial charge in [0.05, 0.1) is 0 Å². The van der Waals surface area contributed by atoms with Crippen molar-refractivity contribution in [3.63, 3.8) is 0 Å². The third-order valence-electron chi connectivity index (χ3n) is 2.60. The molecule has 2 rings (SSSR count). The highest BCUT2D eigenvalue weighted by molar-refractivity contribution is 5.74. The molecule has 1 atom stereocenters. The van der Waals surface area contributed by atoms with Crippen LogP contribution in [0.4, 0.5) is 4.79 Å². The fourth-order valence-electron chi connectivity index (χ4n) is 1.70. The smallest absolute Gasteiger partial charge is 0.315 e. The van der Waals surface area contributed by atoms with Crippen molar-refractivity contribution in [3.8, 4) is 0 Å². The topological polar surface area (TPSA) is 66.0 Å². The zero-order valence-electron chi connectivity index (χ0n) is 9.07. The van der Waals surface area contributed by atoms with Crippen molar-refractivity contribution in [2.45, 2.75) is 19.0 Å². The van der Waals surface area contributed by atoms with Crippen molar-refractivity contribution in [2.75, 3.05) is 13.1 Å². The Balaban J connectivity index is 1.71. The molecular weight excluding hydrogens is 204 g/mol. The highest BCUT2D eigenvalue weighted by Crippen LogP contribution is 1.97. The van der Waals surface area contributed by atoms with Gasteiger partial charge in [-0.1, -0.05) is 0 Å². The van der Waals surface area contributed by atoms with Crippen molar-refractivity contribution < 1.29 is 4.79 Å². The van der Waals surface area contributed by atoms with Gasteiger partial charge in [-0.05, 0) is 30.7 Å². The van der Waals surface area contributed by atoms with Gasteiger partial charge < -0.3 is 16.0 Å². The lowest BCUT2D eigenvalue weighted by Crippen LogP contribution is -2.42. The molecule has 3 N–H and O–H groups in total. The third kappa shape index (κ3) is 3.20. The predicted octanol–water partition coefficient (Wildman–Crippen LogP) is 0.243. The summed E-state index contributed by atoms with van der Waals surface area (Å²) in [6.45, 7) is 2.38. The number of carbonyl (C=O) groups is 1. The molecule has 0 aliphatic carbocycles. The molecule has 1 aromatic heterocycles. The normalized spacial score (nSPS) is 19.4. The van der Waals surface area contributed by atoms with Crippen LogP contribution in [-0.2, 0) is 6.54 Å². The Morgan fingerprint density at radius 1 is 1.50 bits per heavy atom. The summed E-state index contributed by atoms with van der Waals surface area (Å²) in [5, 5.41) is 8.94. The van der Waals surface area contributed by atoms with E-state index in [0.29, 0.717) is 6.54 Å². The molecule has 2 amide bonds. The van der Waals surface area contributed by atoms with Crippen LogP contribution in [0.15, 0.2) is 24.5 Å². The molecule has 0 aromatic carbocycles. The van der Waals surface area contributed by atoms with Crippen LogP contribution >= 0.6 is 0 Å². The van der Waals surface area contributed by atoms with Gasteiger partial charge in [-0.3, -0.25) is 4.98 Å². The molecule has 0 radical (unpaired) electrons. The number of rotatable bonds is 3. The van der Waals surface area contributed by atoms with E-state index in [1.54, 1.807) is 12.4 Å². The van der Waals surface area contributed by atoms with E-state index in [-0.39, 0.29) is 12.1 Å². The van der Waals surface area contributed by atoms with Gasteiger partial charge in [-0.2, -0.15) is 0 Å². The van der Waals surface area contributed by atoms with Crippen molar-refractivity contribution in [3.05, 3.63) is 30.1 Å². The maximum Gasteiger partial charge on any atom is 0.315 e. The zero-order chi connectivity index (χ0) is 11.2. The maximum atomic E-state index is 11.5. The number of pyridine rings is 1. The molecule has 0 spiro atoms. The number of nitrogens with one attached hydrogen (secondary N) is 3. The van der Waals surface area contributed by atoms with Crippen LogP contribution in [0.2, 0.25) is 0 Å². The minimum Gasteiger partial charge on any atom is -0.334 e. The summed E-state index contributed by atoms with van der Waals surface area (Å²) < 4.78 is 0. The maximum absolute atomic E-state index is 11.5. The van der Waals surface area contributed by atoms with E-state index in [0.717, 1.165) is 25.1 Å². The lowest BCUT2D eigenvalue weighted by molar-refractivity contribution is 0.237. The third-order valence-corrected chi connectivity index (χ3v) is 2.60. The van der Waals surface area contributed by atoms with E-state index in [1.807, 2.05) is 12.1 Å². The average molecular weight is 220 g/mol. The van der Waals surface area contributed by atoms with Crippen LogP contribution in [0.5, 0.6) is 0 Å². The SMILES string of the molecule is O=C(NCc1ccncc1)N[C@@H]1CCNC1. The number of hydrogen-bond acceptors (Lipinski definition) is 3. The molecule has 5 heteroatoms. The second kappa shape index (κ2) is 5.46. The van der Waals surface area contributed by atoms with Gasteiger partial charge in [-0.25, -0.2) is 4.79 Å². The van der Waals surface area contributed by atoms with Crippen LogP contribution in [-0.4, -0.2) is 30.1 Å². The molecule has 0 unspecified atom stereocenters. The number of urea groups is 1. The molecule has 2 heterocycles. The van der Waals surface area contributed by atoms with Crippen molar-refractivity contribution in [1.29, 1.82) is 0 Å². The number of nitrogens with zero attached hydrogens (tertiary/aromatic N) is 1. The highest BCUT2D eigenvalue weighted by Gasteiger charge is 2.15. The second-order valence-corrected chi connectivity index (χ2v) is 3.87. The Labute approximate surface area is 94.6 Å². The number of amides is 2. The molecule has 0 bridgehead atoms. The van der Waals surface area contributed by atoms with E-state index in [9.17, 15) is 4.79 Å². The average Bonchev–Trinajstić information content (AvgIpc) is 2.81. The Kier molecular flexibility index (Phi) is 3.71. The first-order valence-corrected chi connectivity index (χ1v) is 5.48. The molecule has 1 aliphatic rings. The molecule has 5 nitrogen and oxygen atoms in total. The van der Waals surface area contributed by atoms with Gasteiger partial charge in [0, 0.05) is 31.5 Å². The first-order valence-electron chi connectivity index (χ1n) is 5.48. The van der Waals surface area contributed by atoms with Crippen LogP contribution in [0.1, 0.15) is 12.0 Å². The van der Waals surface area contributed by atoms with Gasteiger partial charge in [-0.15, -0.1) is 0 Å². The summed E-state index contributed by atoms with van der Waals surface area (Å²) in [5.74, 6) is 0. The summed E-state index contributed by atoms with van der Waals surface area (Å²) in [7, 11) is 0. The molecule has 1 saturated heterocycles.